The molecule has 3 aliphatic rings. The van der Waals surface area contributed by atoms with Crippen molar-refractivity contribution in [3.63, 3.8) is 0 Å². The summed E-state index contributed by atoms with van der Waals surface area (Å²) in [6.07, 6.45) is 4.18. The normalized spacial score (nSPS) is 25.4. The van der Waals surface area contributed by atoms with Gasteiger partial charge in [-0.25, -0.2) is 4.79 Å². The first-order valence-electron chi connectivity index (χ1n) is 9.06. The number of hydrogen-bond acceptors (Lipinski definition) is 5. The molecule has 0 unspecified atom stereocenters. The Kier molecular flexibility index (Phi) is 3.89. The van der Waals surface area contributed by atoms with Gasteiger partial charge in [0.05, 0.1) is 5.69 Å². The van der Waals surface area contributed by atoms with Crippen molar-refractivity contribution in [2.75, 3.05) is 24.5 Å². The number of carboxylic acids is 1. The fourth-order valence-electron chi connectivity index (χ4n) is 4.21. The highest BCUT2D eigenvalue weighted by Crippen LogP contribution is 2.45. The maximum absolute atomic E-state index is 12.5. The molecule has 4 rings (SSSR count). The Morgan fingerprint density at radius 2 is 1.92 bits per heavy atom. The summed E-state index contributed by atoms with van der Waals surface area (Å²) in [6.45, 7) is 4.16. The number of amides is 1. The average molecular weight is 344 g/mol. The number of aromatic nitrogens is 2. The Morgan fingerprint density at radius 1 is 1.20 bits per heavy atom. The van der Waals surface area contributed by atoms with Crippen LogP contribution in [0.4, 0.5) is 5.82 Å². The van der Waals surface area contributed by atoms with Gasteiger partial charge in [-0.05, 0) is 56.6 Å². The average Bonchev–Trinajstić information content (AvgIpc) is 3.38. The summed E-state index contributed by atoms with van der Waals surface area (Å²) in [4.78, 5) is 28.0. The Balaban J connectivity index is 1.45. The number of anilines is 1. The molecule has 1 atom stereocenters. The predicted octanol–water partition coefficient (Wildman–Crippen LogP) is 1.47. The zero-order chi connectivity index (χ0) is 17.6. The molecule has 3 heterocycles. The molecule has 1 amide bonds. The Hall–Kier alpha value is -2.18. The van der Waals surface area contributed by atoms with Crippen molar-refractivity contribution >= 4 is 17.7 Å². The van der Waals surface area contributed by atoms with E-state index in [1.807, 2.05) is 19.1 Å². The first-order chi connectivity index (χ1) is 12.0. The van der Waals surface area contributed by atoms with E-state index in [9.17, 15) is 14.7 Å². The topological polar surface area (TPSA) is 86.6 Å². The van der Waals surface area contributed by atoms with Gasteiger partial charge in [-0.2, -0.15) is 5.10 Å². The largest absolute Gasteiger partial charge is 0.480 e. The molecule has 2 aliphatic heterocycles. The van der Waals surface area contributed by atoms with Crippen molar-refractivity contribution in [2.45, 2.75) is 45.1 Å². The molecule has 1 aliphatic carbocycles. The second kappa shape index (κ2) is 5.97. The monoisotopic (exact) mass is 344 g/mol. The first-order valence-corrected chi connectivity index (χ1v) is 9.06. The number of aryl methyl sites for hydroxylation is 1. The summed E-state index contributed by atoms with van der Waals surface area (Å²) in [7, 11) is 0. The zero-order valence-corrected chi connectivity index (χ0v) is 14.5. The molecule has 1 aromatic rings. The molecule has 0 radical (unpaired) electrons. The highest BCUT2D eigenvalue weighted by Gasteiger charge is 2.51. The number of hydrogen-bond donors (Lipinski definition) is 1. The maximum atomic E-state index is 12.5. The highest BCUT2D eigenvalue weighted by molar-refractivity contribution is 5.87. The van der Waals surface area contributed by atoms with Crippen molar-refractivity contribution in [3.05, 3.63) is 17.8 Å². The van der Waals surface area contributed by atoms with E-state index in [2.05, 4.69) is 15.1 Å². The number of rotatable bonds is 3. The Morgan fingerprint density at radius 3 is 2.48 bits per heavy atom. The minimum atomic E-state index is -0.863. The van der Waals surface area contributed by atoms with Gasteiger partial charge in [-0.3, -0.25) is 4.79 Å². The molecule has 7 nitrogen and oxygen atoms in total. The van der Waals surface area contributed by atoms with Crippen LogP contribution in [0.2, 0.25) is 0 Å². The van der Waals surface area contributed by atoms with Crippen LogP contribution in [0.1, 0.15) is 37.8 Å². The number of likely N-dealkylation sites (tertiary alicyclic amines) is 1. The molecule has 134 valence electrons. The third-order valence-electron chi connectivity index (χ3n) is 5.93. The van der Waals surface area contributed by atoms with Crippen LogP contribution in [0.3, 0.4) is 0 Å². The molecular formula is C18H24N4O3. The van der Waals surface area contributed by atoms with Crippen molar-refractivity contribution in [1.29, 1.82) is 0 Å². The van der Waals surface area contributed by atoms with Crippen LogP contribution in [-0.2, 0) is 9.59 Å². The lowest BCUT2D eigenvalue weighted by molar-refractivity contribution is -0.148. The summed E-state index contributed by atoms with van der Waals surface area (Å²) >= 11 is 0. The maximum Gasteiger partial charge on any atom is 0.326 e. The van der Waals surface area contributed by atoms with E-state index in [1.54, 1.807) is 4.90 Å². The van der Waals surface area contributed by atoms with Crippen LogP contribution in [0.5, 0.6) is 0 Å². The van der Waals surface area contributed by atoms with Gasteiger partial charge in [-0.1, -0.05) is 0 Å². The molecule has 7 heteroatoms. The van der Waals surface area contributed by atoms with Crippen molar-refractivity contribution < 1.29 is 14.7 Å². The smallest absolute Gasteiger partial charge is 0.326 e. The minimum Gasteiger partial charge on any atom is -0.480 e. The van der Waals surface area contributed by atoms with Crippen LogP contribution in [0.15, 0.2) is 12.1 Å². The summed E-state index contributed by atoms with van der Waals surface area (Å²) in [5.74, 6) is 0.132. The quantitative estimate of drug-likeness (QED) is 0.893. The molecule has 0 bridgehead atoms. The highest BCUT2D eigenvalue weighted by atomic mass is 16.4. The lowest BCUT2D eigenvalue weighted by Gasteiger charge is -2.39. The van der Waals surface area contributed by atoms with Crippen molar-refractivity contribution in [2.24, 2.45) is 11.3 Å². The third-order valence-corrected chi connectivity index (χ3v) is 5.93. The molecule has 0 aromatic carbocycles. The molecule has 2 saturated heterocycles. The minimum absolute atomic E-state index is 0.0519. The molecule has 1 N–H and O–H groups in total. The SMILES string of the molecule is Cc1ccc(N2CCC3(CC2)C[C@@H](C(=O)O)N(C(=O)C2CC2)C3)nn1. The van der Waals surface area contributed by atoms with Crippen molar-refractivity contribution in [1.82, 2.24) is 15.1 Å². The second-order valence-electron chi connectivity index (χ2n) is 7.82. The fraction of sp³-hybridized carbons (Fsp3) is 0.667. The van der Waals surface area contributed by atoms with Gasteiger partial charge >= 0.3 is 5.97 Å². The number of carbonyl (C=O) groups excluding carboxylic acids is 1. The standard InChI is InChI=1S/C18H24N4O3/c1-12-2-5-15(20-19-12)21-8-6-18(7-9-21)10-14(17(24)25)22(11-18)16(23)13-3-4-13/h2,5,13-14H,3-4,6-11H2,1H3,(H,24,25)/t14-/m0/s1. The van der Waals surface area contributed by atoms with Gasteiger partial charge in [0, 0.05) is 25.6 Å². The summed E-state index contributed by atoms with van der Waals surface area (Å²) in [5.41, 5.74) is 0.828. The Labute approximate surface area is 147 Å². The van der Waals surface area contributed by atoms with E-state index in [0.717, 1.165) is 50.3 Å². The van der Waals surface area contributed by atoms with Crippen LogP contribution in [0.25, 0.3) is 0 Å². The van der Waals surface area contributed by atoms with Gasteiger partial charge < -0.3 is 14.9 Å². The molecule has 1 aromatic heterocycles. The van der Waals surface area contributed by atoms with Crippen LogP contribution in [0, 0.1) is 18.3 Å². The molecule has 1 saturated carbocycles. The van der Waals surface area contributed by atoms with Crippen LogP contribution in [-0.4, -0.2) is 57.8 Å². The number of carbonyl (C=O) groups is 2. The lowest BCUT2D eigenvalue weighted by atomic mass is 9.76. The lowest BCUT2D eigenvalue weighted by Crippen LogP contribution is -2.43. The van der Waals surface area contributed by atoms with Gasteiger partial charge in [0.1, 0.15) is 6.04 Å². The number of piperidine rings is 1. The van der Waals surface area contributed by atoms with Crippen LogP contribution >= 0.6 is 0 Å². The Bertz CT molecular complexity index is 678. The van der Waals surface area contributed by atoms with Gasteiger partial charge in [0.15, 0.2) is 5.82 Å². The molecule has 25 heavy (non-hydrogen) atoms. The van der Waals surface area contributed by atoms with E-state index in [1.165, 1.54) is 0 Å². The van der Waals surface area contributed by atoms with Crippen LogP contribution < -0.4 is 4.90 Å². The van der Waals surface area contributed by atoms with Gasteiger partial charge in [0.2, 0.25) is 5.91 Å². The first kappa shape index (κ1) is 16.3. The summed E-state index contributed by atoms with van der Waals surface area (Å²) in [5, 5.41) is 18.0. The van der Waals surface area contributed by atoms with E-state index in [-0.39, 0.29) is 17.2 Å². The third kappa shape index (κ3) is 3.07. The molecular weight excluding hydrogens is 320 g/mol. The summed E-state index contributed by atoms with van der Waals surface area (Å²) in [6, 6.07) is 3.29. The number of aliphatic carboxylic acids is 1. The summed E-state index contributed by atoms with van der Waals surface area (Å²) < 4.78 is 0. The van der Waals surface area contributed by atoms with Gasteiger partial charge in [0.25, 0.3) is 0 Å². The second-order valence-corrected chi connectivity index (χ2v) is 7.82. The van der Waals surface area contributed by atoms with E-state index in [0.29, 0.717) is 13.0 Å². The predicted molar refractivity (Wildman–Crippen MR) is 91.1 cm³/mol. The van der Waals surface area contributed by atoms with Crippen molar-refractivity contribution in [3.8, 4) is 0 Å². The number of nitrogens with zero attached hydrogens (tertiary/aromatic N) is 4. The molecule has 1 spiro atoms. The molecule has 3 fully saturated rings. The zero-order valence-electron chi connectivity index (χ0n) is 14.5. The fourth-order valence-corrected chi connectivity index (χ4v) is 4.21. The number of carboxylic acid groups (broad SMARTS) is 1. The van der Waals surface area contributed by atoms with E-state index >= 15 is 0 Å². The van der Waals surface area contributed by atoms with Gasteiger partial charge in [-0.15, -0.1) is 5.10 Å². The van der Waals surface area contributed by atoms with E-state index in [4.69, 9.17) is 0 Å². The van der Waals surface area contributed by atoms with E-state index < -0.39 is 12.0 Å².